The van der Waals surface area contributed by atoms with Gasteiger partial charge in [-0.3, -0.25) is 4.79 Å². The number of benzene rings is 1. The molecule has 2 rings (SSSR count). The Morgan fingerprint density at radius 3 is 2.40 bits per heavy atom. The molecule has 7 nitrogen and oxygen atoms in total. The van der Waals surface area contributed by atoms with Crippen molar-refractivity contribution in [2.24, 2.45) is 0 Å². The molecule has 134 valence electrons. The van der Waals surface area contributed by atoms with Crippen molar-refractivity contribution in [1.82, 2.24) is 4.90 Å². The van der Waals surface area contributed by atoms with Crippen molar-refractivity contribution in [3.63, 3.8) is 0 Å². The zero-order valence-electron chi connectivity index (χ0n) is 14.0. The van der Waals surface area contributed by atoms with Crippen molar-refractivity contribution >= 4 is 23.5 Å². The Labute approximate surface area is 144 Å². The molecule has 1 amide bonds. The van der Waals surface area contributed by atoms with Crippen molar-refractivity contribution in [2.75, 3.05) is 32.6 Å². The van der Waals surface area contributed by atoms with Gasteiger partial charge in [-0.05, 0) is 31.0 Å². The van der Waals surface area contributed by atoms with Crippen LogP contribution in [-0.2, 0) is 19.1 Å². The minimum Gasteiger partial charge on any atom is -0.466 e. The van der Waals surface area contributed by atoms with E-state index in [4.69, 9.17) is 0 Å². The first kappa shape index (κ1) is 18.4. The average Bonchev–Trinajstić information content (AvgIpc) is 3.14. The summed E-state index contributed by atoms with van der Waals surface area (Å²) in [7, 11) is 2.31. The van der Waals surface area contributed by atoms with Crippen molar-refractivity contribution in [2.45, 2.75) is 12.8 Å². The third-order valence-corrected chi connectivity index (χ3v) is 3.74. The van der Waals surface area contributed by atoms with Gasteiger partial charge in [0.05, 0.1) is 25.9 Å². The highest BCUT2D eigenvalue weighted by Crippen LogP contribution is 2.20. The number of esters is 2. The lowest BCUT2D eigenvalue weighted by molar-refractivity contribution is -0.138. The van der Waals surface area contributed by atoms with Gasteiger partial charge in [-0.1, -0.05) is 0 Å². The molecule has 25 heavy (non-hydrogen) atoms. The number of hydrogen-bond donors (Lipinski definition) is 1. The summed E-state index contributed by atoms with van der Waals surface area (Å²) in [6.45, 7) is 1.24. The fraction of sp³-hybridized carbons (Fsp3) is 0.353. The van der Waals surface area contributed by atoms with E-state index in [0.717, 1.165) is 39.2 Å². The lowest BCUT2D eigenvalue weighted by Crippen LogP contribution is -2.28. The fourth-order valence-electron chi connectivity index (χ4n) is 2.45. The largest absolute Gasteiger partial charge is 0.466 e. The summed E-state index contributed by atoms with van der Waals surface area (Å²) < 4.78 is 23.3. The van der Waals surface area contributed by atoms with Crippen molar-refractivity contribution < 1.29 is 28.2 Å². The Hall–Kier alpha value is -2.90. The smallest absolute Gasteiger partial charge is 0.354 e. The summed E-state index contributed by atoms with van der Waals surface area (Å²) in [6, 6.07) is 3.86. The maximum absolute atomic E-state index is 14.3. The second-order valence-electron chi connectivity index (χ2n) is 5.39. The Balaban J connectivity index is 2.20. The van der Waals surface area contributed by atoms with Crippen LogP contribution in [0.5, 0.6) is 0 Å². The first-order chi connectivity index (χ1) is 12.0. The van der Waals surface area contributed by atoms with Crippen LogP contribution < -0.4 is 5.32 Å². The Morgan fingerprint density at radius 1 is 1.16 bits per heavy atom. The number of methoxy groups -OCH3 is 2. The van der Waals surface area contributed by atoms with Gasteiger partial charge in [0.2, 0.25) is 0 Å². The number of halogens is 1. The quantitative estimate of drug-likeness (QED) is 0.643. The number of carbonyl (C=O) groups is 3. The molecule has 1 aliphatic heterocycles. The highest BCUT2D eigenvalue weighted by atomic mass is 19.1. The van der Waals surface area contributed by atoms with Crippen LogP contribution in [0.2, 0.25) is 0 Å². The van der Waals surface area contributed by atoms with Crippen molar-refractivity contribution in [3.8, 4) is 0 Å². The normalized spacial score (nSPS) is 14.2. The average molecular weight is 350 g/mol. The molecule has 1 heterocycles. The third-order valence-electron chi connectivity index (χ3n) is 3.74. The van der Waals surface area contributed by atoms with Crippen LogP contribution in [0.15, 0.2) is 30.0 Å². The van der Waals surface area contributed by atoms with E-state index in [1.54, 1.807) is 4.90 Å². The van der Waals surface area contributed by atoms with Gasteiger partial charge < -0.3 is 19.7 Å². The SMILES string of the molecule is COC(=O)/C=C(/Nc1ccc(C(=O)N2CCCC2)c(F)c1)C(=O)OC. The van der Waals surface area contributed by atoms with Gasteiger partial charge in [-0.15, -0.1) is 0 Å². The molecule has 0 bridgehead atoms. The van der Waals surface area contributed by atoms with Crippen LogP contribution in [0.1, 0.15) is 23.2 Å². The second-order valence-corrected chi connectivity index (χ2v) is 5.39. The molecule has 8 heteroatoms. The molecule has 0 aliphatic carbocycles. The molecule has 0 atom stereocenters. The second kappa shape index (κ2) is 8.27. The van der Waals surface area contributed by atoms with Crippen LogP contribution in [0.25, 0.3) is 0 Å². The molecular formula is C17H19FN2O5. The van der Waals surface area contributed by atoms with E-state index in [1.165, 1.54) is 12.1 Å². The number of likely N-dealkylation sites (tertiary alicyclic amines) is 1. The maximum Gasteiger partial charge on any atom is 0.354 e. The fourth-order valence-corrected chi connectivity index (χ4v) is 2.45. The predicted molar refractivity (Wildman–Crippen MR) is 87.3 cm³/mol. The minimum atomic E-state index is -0.817. The van der Waals surface area contributed by atoms with E-state index in [0.29, 0.717) is 13.1 Å². The molecule has 1 aromatic rings. The molecule has 0 unspecified atom stereocenters. The lowest BCUT2D eigenvalue weighted by Gasteiger charge is -2.16. The van der Waals surface area contributed by atoms with Crippen LogP contribution in [-0.4, -0.2) is 50.1 Å². The summed E-state index contributed by atoms with van der Waals surface area (Å²) in [4.78, 5) is 36.9. The van der Waals surface area contributed by atoms with Gasteiger partial charge >= 0.3 is 11.9 Å². The number of carbonyl (C=O) groups excluding carboxylic acids is 3. The maximum atomic E-state index is 14.3. The molecule has 0 spiro atoms. The van der Waals surface area contributed by atoms with Gasteiger partial charge in [0.25, 0.3) is 5.91 Å². The van der Waals surface area contributed by atoms with Gasteiger partial charge in [-0.25, -0.2) is 14.0 Å². The number of amides is 1. The molecule has 0 aromatic heterocycles. The van der Waals surface area contributed by atoms with E-state index in [-0.39, 0.29) is 22.9 Å². The number of hydrogen-bond acceptors (Lipinski definition) is 6. The molecule has 1 saturated heterocycles. The summed E-state index contributed by atoms with van der Waals surface area (Å²) in [5.74, 6) is -2.67. The van der Waals surface area contributed by atoms with Crippen LogP contribution >= 0.6 is 0 Å². The summed E-state index contributed by atoms with van der Waals surface area (Å²) in [5.41, 5.74) is -0.0626. The third kappa shape index (κ3) is 4.56. The van der Waals surface area contributed by atoms with Crippen LogP contribution in [0, 0.1) is 5.82 Å². The number of ether oxygens (including phenoxy) is 2. The van der Waals surface area contributed by atoms with Gasteiger partial charge in [-0.2, -0.15) is 0 Å². The summed E-state index contributed by atoms with van der Waals surface area (Å²) >= 11 is 0. The van der Waals surface area contributed by atoms with Crippen LogP contribution in [0.3, 0.4) is 0 Å². The first-order valence-electron chi connectivity index (χ1n) is 7.70. The number of nitrogens with one attached hydrogen (secondary N) is 1. The van der Waals surface area contributed by atoms with Gasteiger partial charge in [0.15, 0.2) is 0 Å². The zero-order chi connectivity index (χ0) is 18.4. The Bertz CT molecular complexity index is 711. The summed E-state index contributed by atoms with van der Waals surface area (Å²) in [6.07, 6.45) is 2.72. The molecule has 1 fully saturated rings. The highest BCUT2D eigenvalue weighted by Gasteiger charge is 2.22. The standard InChI is InChI=1S/C17H19FN2O5/c1-24-15(21)10-14(17(23)25-2)19-11-5-6-12(13(18)9-11)16(22)20-7-3-4-8-20/h5-6,9-10,19H,3-4,7-8H2,1-2H3/b14-10+. The molecular weight excluding hydrogens is 331 g/mol. The van der Waals surface area contributed by atoms with Gasteiger partial charge in [0.1, 0.15) is 11.5 Å². The number of anilines is 1. The number of rotatable bonds is 5. The molecule has 0 radical (unpaired) electrons. The van der Waals surface area contributed by atoms with E-state index >= 15 is 0 Å². The molecule has 1 aliphatic rings. The molecule has 1 N–H and O–H groups in total. The predicted octanol–water partition coefficient (Wildman–Crippen LogP) is 1.70. The topological polar surface area (TPSA) is 84.9 Å². The Kier molecular flexibility index (Phi) is 6.10. The monoisotopic (exact) mass is 350 g/mol. The highest BCUT2D eigenvalue weighted by molar-refractivity contribution is 5.99. The van der Waals surface area contributed by atoms with E-state index in [1.807, 2.05) is 0 Å². The van der Waals surface area contributed by atoms with E-state index in [2.05, 4.69) is 14.8 Å². The van der Waals surface area contributed by atoms with E-state index in [9.17, 15) is 18.8 Å². The van der Waals surface area contributed by atoms with Crippen LogP contribution in [0.4, 0.5) is 10.1 Å². The Morgan fingerprint density at radius 2 is 1.84 bits per heavy atom. The van der Waals surface area contributed by atoms with E-state index < -0.39 is 17.8 Å². The molecule has 1 aromatic carbocycles. The van der Waals surface area contributed by atoms with Crippen molar-refractivity contribution in [1.29, 1.82) is 0 Å². The minimum absolute atomic E-state index is 0.0379. The molecule has 0 saturated carbocycles. The number of nitrogens with zero attached hydrogens (tertiary/aromatic N) is 1. The van der Waals surface area contributed by atoms with Gasteiger partial charge in [0, 0.05) is 18.8 Å². The first-order valence-corrected chi connectivity index (χ1v) is 7.70. The lowest BCUT2D eigenvalue weighted by atomic mass is 10.1. The summed E-state index contributed by atoms with van der Waals surface area (Å²) in [5, 5.41) is 2.59. The zero-order valence-corrected chi connectivity index (χ0v) is 14.0. The van der Waals surface area contributed by atoms with Crippen molar-refractivity contribution in [3.05, 3.63) is 41.4 Å².